The van der Waals surface area contributed by atoms with E-state index in [-0.39, 0.29) is 5.56 Å². The Morgan fingerprint density at radius 3 is 2.44 bits per heavy atom. The topological polar surface area (TPSA) is 98.2 Å². The highest BCUT2D eigenvalue weighted by Gasteiger charge is 2.31. The van der Waals surface area contributed by atoms with Crippen molar-refractivity contribution in [1.29, 1.82) is 0 Å². The minimum atomic E-state index is -0.577. The third-order valence-corrected chi connectivity index (χ3v) is 6.83. The molecule has 39 heavy (non-hydrogen) atoms. The highest BCUT2D eigenvalue weighted by atomic mass is 35.5. The first-order valence-electron chi connectivity index (χ1n) is 12.5. The zero-order valence-electron chi connectivity index (χ0n) is 21.8. The SMILES string of the molecule is COCCn1nnnc1C(c1cc2cc(OC)ccc2[nH]c1=O)N(Cc1ccccc1)Cc1ccc(Cl)cc1. The van der Waals surface area contributed by atoms with Gasteiger partial charge in [-0.1, -0.05) is 54.1 Å². The van der Waals surface area contributed by atoms with Gasteiger partial charge < -0.3 is 14.5 Å². The summed E-state index contributed by atoms with van der Waals surface area (Å²) in [5.74, 6) is 1.24. The van der Waals surface area contributed by atoms with Gasteiger partial charge in [0.15, 0.2) is 5.82 Å². The number of fused-ring (bicyclic) bond motifs is 1. The second-order valence-electron chi connectivity index (χ2n) is 9.18. The number of aromatic amines is 1. The van der Waals surface area contributed by atoms with Gasteiger partial charge in [0.05, 0.1) is 20.3 Å². The van der Waals surface area contributed by atoms with Crippen molar-refractivity contribution in [3.05, 3.63) is 117 Å². The van der Waals surface area contributed by atoms with Crippen molar-refractivity contribution >= 4 is 22.5 Å². The summed E-state index contributed by atoms with van der Waals surface area (Å²) in [6.45, 7) is 1.92. The van der Waals surface area contributed by atoms with Crippen LogP contribution in [0.15, 0.2) is 83.7 Å². The number of pyridine rings is 1. The molecule has 3 aromatic carbocycles. The molecule has 2 heterocycles. The van der Waals surface area contributed by atoms with Crippen LogP contribution in [0.5, 0.6) is 5.75 Å². The van der Waals surface area contributed by atoms with Gasteiger partial charge in [-0.3, -0.25) is 9.69 Å². The van der Waals surface area contributed by atoms with Crippen LogP contribution in [0.1, 0.15) is 28.6 Å². The molecular weight excluding hydrogens is 516 g/mol. The van der Waals surface area contributed by atoms with Gasteiger partial charge in [-0.2, -0.15) is 0 Å². The number of halogens is 1. The molecular formula is C29H29ClN6O3. The van der Waals surface area contributed by atoms with E-state index < -0.39 is 6.04 Å². The van der Waals surface area contributed by atoms with E-state index in [0.717, 1.165) is 22.0 Å². The first-order chi connectivity index (χ1) is 19.1. The zero-order chi connectivity index (χ0) is 27.2. The van der Waals surface area contributed by atoms with Crippen molar-refractivity contribution in [2.75, 3.05) is 20.8 Å². The molecule has 5 aromatic rings. The molecule has 0 radical (unpaired) electrons. The number of ether oxygens (including phenoxy) is 2. The van der Waals surface area contributed by atoms with Crippen molar-refractivity contribution < 1.29 is 9.47 Å². The summed E-state index contributed by atoms with van der Waals surface area (Å²) in [5, 5.41) is 14.1. The van der Waals surface area contributed by atoms with Gasteiger partial charge in [0.1, 0.15) is 11.8 Å². The predicted molar refractivity (Wildman–Crippen MR) is 150 cm³/mol. The molecule has 0 saturated heterocycles. The third-order valence-electron chi connectivity index (χ3n) is 6.58. The smallest absolute Gasteiger partial charge is 0.253 e. The van der Waals surface area contributed by atoms with E-state index in [9.17, 15) is 4.79 Å². The van der Waals surface area contributed by atoms with Gasteiger partial charge in [0.25, 0.3) is 5.56 Å². The van der Waals surface area contributed by atoms with E-state index >= 15 is 0 Å². The van der Waals surface area contributed by atoms with Gasteiger partial charge in [0, 0.05) is 41.7 Å². The molecule has 200 valence electrons. The normalized spacial score (nSPS) is 12.2. The van der Waals surface area contributed by atoms with Crippen molar-refractivity contribution in [2.45, 2.75) is 25.7 Å². The van der Waals surface area contributed by atoms with Crippen LogP contribution in [0.3, 0.4) is 0 Å². The second-order valence-corrected chi connectivity index (χ2v) is 9.62. The van der Waals surface area contributed by atoms with Crippen LogP contribution >= 0.6 is 11.6 Å². The van der Waals surface area contributed by atoms with Crippen LogP contribution in [0.4, 0.5) is 0 Å². The van der Waals surface area contributed by atoms with Crippen LogP contribution in [-0.2, 0) is 24.4 Å². The first-order valence-corrected chi connectivity index (χ1v) is 12.9. The van der Waals surface area contributed by atoms with Crippen LogP contribution in [0.2, 0.25) is 5.02 Å². The molecule has 10 heteroatoms. The third kappa shape index (κ3) is 6.17. The average Bonchev–Trinajstić information content (AvgIpc) is 3.41. The Kier molecular flexibility index (Phi) is 8.31. The summed E-state index contributed by atoms with van der Waals surface area (Å²) in [7, 11) is 3.25. The molecule has 0 saturated carbocycles. The fraction of sp³-hybridized carbons (Fsp3) is 0.241. The molecule has 0 aliphatic carbocycles. The Bertz CT molecular complexity index is 1590. The molecule has 2 aromatic heterocycles. The largest absolute Gasteiger partial charge is 0.497 e. The zero-order valence-corrected chi connectivity index (χ0v) is 22.5. The summed E-state index contributed by atoms with van der Waals surface area (Å²) >= 11 is 6.18. The molecule has 0 fully saturated rings. The van der Waals surface area contributed by atoms with Gasteiger partial charge in [-0.15, -0.1) is 5.10 Å². The van der Waals surface area contributed by atoms with E-state index in [0.29, 0.717) is 48.4 Å². The molecule has 1 atom stereocenters. The molecule has 5 rings (SSSR count). The maximum Gasteiger partial charge on any atom is 0.253 e. The Morgan fingerprint density at radius 1 is 0.974 bits per heavy atom. The number of rotatable bonds is 11. The Hall–Kier alpha value is -4.05. The number of hydrogen-bond donors (Lipinski definition) is 1. The van der Waals surface area contributed by atoms with Crippen molar-refractivity contribution in [3.8, 4) is 5.75 Å². The lowest BCUT2D eigenvalue weighted by molar-refractivity contribution is 0.169. The second kappa shape index (κ2) is 12.2. The van der Waals surface area contributed by atoms with Crippen LogP contribution in [-0.4, -0.2) is 50.9 Å². The van der Waals surface area contributed by atoms with Gasteiger partial charge in [-0.05, 0) is 58.0 Å². The monoisotopic (exact) mass is 544 g/mol. The Balaban J connectivity index is 1.69. The van der Waals surface area contributed by atoms with Crippen LogP contribution in [0.25, 0.3) is 10.9 Å². The van der Waals surface area contributed by atoms with Gasteiger partial charge in [-0.25, -0.2) is 4.68 Å². The summed E-state index contributed by atoms with van der Waals surface area (Å²) < 4.78 is 12.4. The van der Waals surface area contributed by atoms with E-state index in [4.69, 9.17) is 21.1 Å². The maximum atomic E-state index is 13.7. The minimum absolute atomic E-state index is 0.215. The number of methoxy groups -OCH3 is 2. The van der Waals surface area contributed by atoms with Crippen molar-refractivity contribution in [3.63, 3.8) is 0 Å². The van der Waals surface area contributed by atoms with Crippen molar-refractivity contribution in [1.82, 2.24) is 30.1 Å². The molecule has 9 nitrogen and oxygen atoms in total. The molecule has 0 aliphatic rings. The van der Waals surface area contributed by atoms with E-state index in [1.54, 1.807) is 18.9 Å². The quantitative estimate of drug-likeness (QED) is 0.259. The molecule has 0 bridgehead atoms. The lowest BCUT2D eigenvalue weighted by Crippen LogP contribution is -2.35. The number of H-pyrrole nitrogens is 1. The lowest BCUT2D eigenvalue weighted by atomic mass is 10.0. The molecule has 1 unspecified atom stereocenters. The molecule has 0 aliphatic heterocycles. The summed E-state index contributed by atoms with van der Waals surface area (Å²) in [5.41, 5.74) is 3.15. The lowest BCUT2D eigenvalue weighted by Gasteiger charge is -2.31. The molecule has 0 spiro atoms. The Morgan fingerprint density at radius 2 is 1.72 bits per heavy atom. The van der Waals surface area contributed by atoms with Gasteiger partial charge >= 0.3 is 0 Å². The number of nitrogens with zero attached hydrogens (tertiary/aromatic N) is 5. The summed E-state index contributed by atoms with van der Waals surface area (Å²) in [6, 6.07) is 24.7. The van der Waals surface area contributed by atoms with E-state index in [1.807, 2.05) is 66.7 Å². The Labute approximate surface area is 230 Å². The number of nitrogens with one attached hydrogen (secondary N) is 1. The van der Waals surface area contributed by atoms with Crippen molar-refractivity contribution in [2.24, 2.45) is 0 Å². The number of hydrogen-bond acceptors (Lipinski definition) is 7. The van der Waals surface area contributed by atoms with Crippen LogP contribution in [0, 0.1) is 0 Å². The first kappa shape index (κ1) is 26.6. The van der Waals surface area contributed by atoms with E-state index in [1.165, 1.54) is 0 Å². The molecule has 1 N–H and O–H groups in total. The predicted octanol–water partition coefficient (Wildman–Crippen LogP) is 4.61. The van der Waals surface area contributed by atoms with E-state index in [2.05, 4.69) is 37.5 Å². The fourth-order valence-electron chi connectivity index (χ4n) is 4.66. The number of aromatic nitrogens is 5. The number of tetrazole rings is 1. The maximum absolute atomic E-state index is 13.7. The minimum Gasteiger partial charge on any atom is -0.497 e. The fourth-order valence-corrected chi connectivity index (χ4v) is 4.78. The number of benzene rings is 3. The van der Waals surface area contributed by atoms with Crippen LogP contribution < -0.4 is 10.3 Å². The molecule has 0 amide bonds. The summed E-state index contributed by atoms with van der Waals surface area (Å²) in [4.78, 5) is 18.9. The standard InChI is InChI=1S/C29H29ClN6O3/c1-38-15-14-36-28(32-33-34-36)27(25-17-22-16-24(39-2)12-13-26(22)31-29(25)37)35(18-20-6-4-3-5-7-20)19-21-8-10-23(30)11-9-21/h3-13,16-17,27H,14-15,18-19H2,1-2H3,(H,31,37). The highest BCUT2D eigenvalue weighted by molar-refractivity contribution is 6.30. The summed E-state index contributed by atoms with van der Waals surface area (Å²) in [6.07, 6.45) is 0. The average molecular weight is 545 g/mol. The van der Waals surface area contributed by atoms with Gasteiger partial charge in [0.2, 0.25) is 0 Å². The highest BCUT2D eigenvalue weighted by Crippen LogP contribution is 2.31.